The number of aromatic nitrogens is 2. The third kappa shape index (κ3) is 5.06. The Bertz CT molecular complexity index is 472. The van der Waals surface area contributed by atoms with Gasteiger partial charge >= 0.3 is 6.18 Å². The van der Waals surface area contributed by atoms with Crippen LogP contribution in [0.25, 0.3) is 0 Å². The number of anilines is 2. The Hall–Kier alpha value is -1.53. The van der Waals surface area contributed by atoms with Crippen molar-refractivity contribution in [2.45, 2.75) is 46.2 Å². The van der Waals surface area contributed by atoms with Crippen LogP contribution >= 0.6 is 0 Å². The number of nitrogens with one attached hydrogen (secondary N) is 1. The van der Waals surface area contributed by atoms with Crippen LogP contribution in [0.15, 0.2) is 0 Å². The van der Waals surface area contributed by atoms with Crippen LogP contribution in [0.4, 0.5) is 24.8 Å². The Kier molecular flexibility index (Phi) is 5.80. The van der Waals surface area contributed by atoms with Gasteiger partial charge in [-0.3, -0.25) is 0 Å². The summed E-state index contributed by atoms with van der Waals surface area (Å²) in [6, 6.07) is 0. The van der Waals surface area contributed by atoms with Gasteiger partial charge in [0.2, 0.25) is 0 Å². The molecule has 0 unspecified atom stereocenters. The Labute approximate surface area is 123 Å². The Morgan fingerprint density at radius 1 is 1.24 bits per heavy atom. The zero-order valence-corrected chi connectivity index (χ0v) is 13.2. The lowest BCUT2D eigenvalue weighted by Crippen LogP contribution is -2.32. The first-order chi connectivity index (χ1) is 9.65. The van der Waals surface area contributed by atoms with Gasteiger partial charge in [0, 0.05) is 25.1 Å². The minimum atomic E-state index is -4.26. The highest BCUT2D eigenvalue weighted by atomic mass is 19.4. The van der Waals surface area contributed by atoms with E-state index in [9.17, 15) is 13.2 Å². The molecule has 0 fully saturated rings. The zero-order chi connectivity index (χ0) is 16.2. The highest BCUT2D eigenvalue weighted by Crippen LogP contribution is 2.27. The molecule has 0 spiro atoms. The number of alkyl halides is 3. The third-order valence-corrected chi connectivity index (χ3v) is 2.97. The lowest BCUT2D eigenvalue weighted by atomic mass is 10.2. The van der Waals surface area contributed by atoms with Gasteiger partial charge in [0.05, 0.1) is 0 Å². The van der Waals surface area contributed by atoms with Crippen LogP contribution in [0.3, 0.4) is 0 Å². The van der Waals surface area contributed by atoms with Crippen molar-refractivity contribution in [2.75, 3.05) is 30.4 Å². The number of halogens is 3. The van der Waals surface area contributed by atoms with E-state index in [1.807, 2.05) is 20.8 Å². The van der Waals surface area contributed by atoms with Crippen LogP contribution in [-0.4, -0.2) is 36.3 Å². The summed E-state index contributed by atoms with van der Waals surface area (Å²) >= 11 is 0. The summed E-state index contributed by atoms with van der Waals surface area (Å²) in [5, 5.41) is 3.16. The molecule has 0 aromatic carbocycles. The Morgan fingerprint density at radius 3 is 2.33 bits per heavy atom. The zero-order valence-electron chi connectivity index (χ0n) is 13.2. The number of rotatable bonds is 6. The minimum Gasteiger partial charge on any atom is -0.370 e. The molecule has 120 valence electrons. The average Bonchev–Trinajstić information content (AvgIpc) is 2.35. The predicted octanol–water partition coefficient (Wildman–Crippen LogP) is 3.73. The van der Waals surface area contributed by atoms with Gasteiger partial charge in [-0.25, -0.2) is 9.97 Å². The lowest BCUT2D eigenvalue weighted by molar-refractivity contribution is -0.119. The molecular weight excluding hydrogens is 281 g/mol. The van der Waals surface area contributed by atoms with Crippen LogP contribution in [-0.2, 0) is 0 Å². The highest BCUT2D eigenvalue weighted by Gasteiger charge is 2.31. The Morgan fingerprint density at radius 2 is 1.86 bits per heavy atom. The average molecular weight is 304 g/mol. The number of hydrogen-bond acceptors (Lipinski definition) is 4. The van der Waals surface area contributed by atoms with Crippen LogP contribution in [0.2, 0.25) is 0 Å². The third-order valence-electron chi connectivity index (χ3n) is 2.97. The molecule has 0 radical (unpaired) electrons. The van der Waals surface area contributed by atoms with E-state index in [4.69, 9.17) is 0 Å². The van der Waals surface area contributed by atoms with E-state index in [1.54, 1.807) is 6.92 Å². The fraction of sp³-hybridized carbons (Fsp3) is 0.714. The molecule has 1 heterocycles. The van der Waals surface area contributed by atoms with Gasteiger partial charge in [0.15, 0.2) is 0 Å². The second-order valence-corrected chi connectivity index (χ2v) is 5.43. The summed E-state index contributed by atoms with van der Waals surface area (Å²) in [4.78, 5) is 9.84. The molecule has 0 saturated heterocycles. The standard InChI is InChI=1S/C14H23F3N4/c1-6-7-18-12-10(4)13(20-11(19-12)9(2)3)21(5)8-14(15,16)17/h9H,6-8H2,1-5H3,(H,18,19,20). The summed E-state index contributed by atoms with van der Waals surface area (Å²) < 4.78 is 37.8. The first-order valence-electron chi connectivity index (χ1n) is 7.06. The molecule has 1 N–H and O–H groups in total. The van der Waals surface area contributed by atoms with Gasteiger partial charge < -0.3 is 10.2 Å². The number of hydrogen-bond donors (Lipinski definition) is 1. The fourth-order valence-corrected chi connectivity index (χ4v) is 1.91. The van der Waals surface area contributed by atoms with E-state index < -0.39 is 12.7 Å². The van der Waals surface area contributed by atoms with Crippen molar-refractivity contribution in [1.29, 1.82) is 0 Å². The van der Waals surface area contributed by atoms with Crippen LogP contribution < -0.4 is 10.2 Å². The van der Waals surface area contributed by atoms with Crippen molar-refractivity contribution in [1.82, 2.24) is 9.97 Å². The van der Waals surface area contributed by atoms with Gasteiger partial charge in [-0.15, -0.1) is 0 Å². The quantitative estimate of drug-likeness (QED) is 0.869. The van der Waals surface area contributed by atoms with Crippen molar-refractivity contribution in [2.24, 2.45) is 0 Å². The molecule has 0 aliphatic heterocycles. The number of nitrogens with zero attached hydrogens (tertiary/aromatic N) is 3. The Balaban J connectivity index is 3.19. The molecule has 0 aliphatic rings. The van der Waals surface area contributed by atoms with E-state index in [1.165, 1.54) is 7.05 Å². The van der Waals surface area contributed by atoms with Crippen LogP contribution in [0.5, 0.6) is 0 Å². The molecule has 0 bridgehead atoms. The molecule has 0 amide bonds. The van der Waals surface area contributed by atoms with Gasteiger partial charge in [-0.1, -0.05) is 20.8 Å². The van der Waals surface area contributed by atoms with Crippen molar-refractivity contribution in [3.8, 4) is 0 Å². The van der Waals surface area contributed by atoms with E-state index in [2.05, 4.69) is 15.3 Å². The molecule has 1 aromatic rings. The molecule has 1 aromatic heterocycles. The summed E-state index contributed by atoms with van der Waals surface area (Å²) in [7, 11) is 1.40. The van der Waals surface area contributed by atoms with Gasteiger partial charge in [0.25, 0.3) is 0 Å². The maximum absolute atomic E-state index is 12.6. The van der Waals surface area contributed by atoms with Gasteiger partial charge in [-0.2, -0.15) is 13.2 Å². The minimum absolute atomic E-state index is 0.0470. The normalized spacial score (nSPS) is 11.9. The maximum Gasteiger partial charge on any atom is 0.405 e. The summed E-state index contributed by atoms with van der Waals surface area (Å²) in [6.45, 7) is 7.28. The van der Waals surface area contributed by atoms with Crippen molar-refractivity contribution in [3.63, 3.8) is 0 Å². The van der Waals surface area contributed by atoms with E-state index in [0.29, 0.717) is 23.0 Å². The highest BCUT2D eigenvalue weighted by molar-refractivity contribution is 5.58. The van der Waals surface area contributed by atoms with Crippen LogP contribution in [0.1, 0.15) is 44.5 Å². The SMILES string of the molecule is CCCNc1nc(C(C)C)nc(N(C)CC(F)(F)F)c1C. The molecule has 4 nitrogen and oxygen atoms in total. The second-order valence-electron chi connectivity index (χ2n) is 5.43. The van der Waals surface area contributed by atoms with Crippen molar-refractivity contribution < 1.29 is 13.2 Å². The molecule has 0 aliphatic carbocycles. The van der Waals surface area contributed by atoms with E-state index in [0.717, 1.165) is 17.9 Å². The molecule has 21 heavy (non-hydrogen) atoms. The first kappa shape index (κ1) is 17.5. The summed E-state index contributed by atoms with van der Waals surface area (Å²) in [6.07, 6.45) is -3.35. The second kappa shape index (κ2) is 6.95. The molecule has 1 rings (SSSR count). The molecule has 7 heteroatoms. The molecule has 0 atom stereocenters. The largest absolute Gasteiger partial charge is 0.405 e. The molecule has 0 saturated carbocycles. The van der Waals surface area contributed by atoms with Gasteiger partial charge in [-0.05, 0) is 13.3 Å². The topological polar surface area (TPSA) is 41.1 Å². The maximum atomic E-state index is 12.6. The van der Waals surface area contributed by atoms with Crippen molar-refractivity contribution in [3.05, 3.63) is 11.4 Å². The van der Waals surface area contributed by atoms with E-state index in [-0.39, 0.29) is 5.92 Å². The smallest absolute Gasteiger partial charge is 0.370 e. The monoisotopic (exact) mass is 304 g/mol. The first-order valence-corrected chi connectivity index (χ1v) is 7.06. The van der Waals surface area contributed by atoms with Crippen LogP contribution in [0, 0.1) is 6.92 Å². The summed E-state index contributed by atoms with van der Waals surface area (Å²) in [5.74, 6) is 1.53. The van der Waals surface area contributed by atoms with Gasteiger partial charge in [0.1, 0.15) is 24.0 Å². The summed E-state index contributed by atoms with van der Waals surface area (Å²) in [5.41, 5.74) is 0.639. The fourth-order valence-electron chi connectivity index (χ4n) is 1.91. The van der Waals surface area contributed by atoms with E-state index >= 15 is 0 Å². The predicted molar refractivity (Wildman–Crippen MR) is 79.0 cm³/mol. The van der Waals surface area contributed by atoms with Crippen molar-refractivity contribution >= 4 is 11.6 Å². The lowest BCUT2D eigenvalue weighted by Gasteiger charge is -2.24. The molecular formula is C14H23F3N4.